The number of likely N-dealkylation sites (N-methyl/N-ethyl adjacent to an activating group) is 4. The van der Waals surface area contributed by atoms with Gasteiger partial charge in [0.2, 0.25) is 40.1 Å². The summed E-state index contributed by atoms with van der Waals surface area (Å²) in [5.74, 6) is 0. The van der Waals surface area contributed by atoms with Gasteiger partial charge in [-0.15, -0.1) is 28.2 Å². The van der Waals surface area contributed by atoms with Gasteiger partial charge in [0.15, 0.2) is 0 Å². The maximum atomic E-state index is 15.0. The van der Waals surface area contributed by atoms with Crippen LogP contribution in [0.25, 0.3) is 90.9 Å². The summed E-state index contributed by atoms with van der Waals surface area (Å²) in [7, 11) is -16.6. The van der Waals surface area contributed by atoms with E-state index in [0.717, 1.165) is 74.6 Å². The van der Waals surface area contributed by atoms with Crippen LogP contribution in [0, 0.1) is 89.2 Å². The van der Waals surface area contributed by atoms with Gasteiger partial charge in [-0.25, -0.2) is 57.5 Å². The van der Waals surface area contributed by atoms with Crippen LogP contribution in [0.15, 0.2) is 68.1 Å². The fraction of sp³-hybridized carbons (Fsp3) is 0.444. The Morgan fingerprint density at radius 1 is 0.330 bits per heavy atom. The Balaban J connectivity index is 0.00000784. The van der Waals surface area contributed by atoms with Gasteiger partial charge in [0.05, 0.1) is 31.0 Å². The van der Waals surface area contributed by atoms with E-state index in [9.17, 15) is 33.7 Å². The molecular weight excluding hydrogens is 1450 g/mol. The average Bonchev–Trinajstić information content (AvgIpc) is 1.49. The molecule has 1 aliphatic carbocycles. The molecule has 4 aromatic carbocycles. The number of hydrogen-bond donors (Lipinski definition) is 4. The zero-order chi connectivity index (χ0) is 76.2. The summed E-state index contributed by atoms with van der Waals surface area (Å²) in [4.78, 5) is 26.1. The van der Waals surface area contributed by atoms with Gasteiger partial charge in [0, 0.05) is 52.4 Å². The van der Waals surface area contributed by atoms with Crippen molar-refractivity contribution >= 4 is 86.5 Å². The van der Waals surface area contributed by atoms with Gasteiger partial charge in [-0.2, -0.15) is 23.2 Å². The van der Waals surface area contributed by atoms with Crippen molar-refractivity contribution < 1.29 is 56.2 Å². The molecule has 0 fully saturated rings. The first-order valence-electron chi connectivity index (χ1n) is 36.6. The summed E-state index contributed by atoms with van der Waals surface area (Å²) >= 11 is 0. The molecule has 106 heavy (non-hydrogen) atoms. The molecule has 9 rings (SSSR count). The molecule has 8 bridgehead atoms. The van der Waals surface area contributed by atoms with Crippen LogP contribution in [0.2, 0.25) is 0 Å². The first-order chi connectivity index (χ1) is 49.2. The summed E-state index contributed by atoms with van der Waals surface area (Å²) in [5, 5.41) is 0. The van der Waals surface area contributed by atoms with Gasteiger partial charge in [0.1, 0.15) is 0 Å². The zero-order valence-corrected chi connectivity index (χ0v) is 70.1. The Kier molecular flexibility index (Phi) is 29.4. The van der Waals surface area contributed by atoms with Gasteiger partial charge in [0.25, 0.3) is 0 Å². The molecule has 0 unspecified atom stereocenters. The smallest absolute Gasteiger partial charge is 0.663 e. The largest absolute Gasteiger partial charge is 3.00 e. The molecule has 0 atom stereocenters. The minimum atomic E-state index is -4.15. The molecule has 2 aliphatic rings. The Labute approximate surface area is 642 Å². The van der Waals surface area contributed by atoms with E-state index in [-0.39, 0.29) is 68.3 Å². The van der Waals surface area contributed by atoms with E-state index in [0.29, 0.717) is 160 Å². The molecule has 0 radical (unpaired) electrons. The molecule has 0 amide bonds. The predicted octanol–water partition coefficient (Wildman–Crippen LogP) is 12.3. The molecule has 0 saturated heterocycles. The van der Waals surface area contributed by atoms with Crippen molar-refractivity contribution in [3.05, 3.63) is 144 Å². The molecule has 6 N–H and O–H groups in total. The molecular formula is C81H110MnN11O9S4. The summed E-state index contributed by atoms with van der Waals surface area (Å²) in [5.41, 5.74) is 15.4. The van der Waals surface area contributed by atoms with Crippen molar-refractivity contribution in [1.82, 2.24) is 53.4 Å². The molecule has 1 aliphatic heterocycles. The van der Waals surface area contributed by atoms with Gasteiger partial charge in [-0.05, 0) is 237 Å². The molecule has 25 heteroatoms. The topological polar surface area (TPSA) is 270 Å². The normalized spacial score (nSPS) is 12.8. The Bertz CT molecular complexity index is 4540. The third kappa shape index (κ3) is 17.9. The predicted molar refractivity (Wildman–Crippen MR) is 432 cm³/mol. The molecule has 3 aromatic heterocycles. The van der Waals surface area contributed by atoms with Crippen LogP contribution < -0.4 is 28.9 Å². The fourth-order valence-corrected chi connectivity index (χ4v) is 21.8. The van der Waals surface area contributed by atoms with Crippen molar-refractivity contribution in [2.45, 2.75) is 158 Å². The first kappa shape index (κ1) is 86.7. The summed E-state index contributed by atoms with van der Waals surface area (Å²) in [6.07, 6.45) is 7.64. The summed E-state index contributed by atoms with van der Waals surface area (Å²) in [6.45, 7) is 47.5. The minimum absolute atomic E-state index is 0. The maximum absolute atomic E-state index is 15.0. The number of sulfonamides is 4. The third-order valence-corrected chi connectivity index (χ3v) is 27.8. The van der Waals surface area contributed by atoms with Crippen molar-refractivity contribution in [3.8, 4) is 44.5 Å². The third-order valence-electron chi connectivity index (χ3n) is 20.8. The van der Waals surface area contributed by atoms with Crippen molar-refractivity contribution in [2.75, 3.05) is 105 Å². The fourth-order valence-electron chi connectivity index (χ4n) is 15.8. The van der Waals surface area contributed by atoms with Crippen LogP contribution in [0.3, 0.4) is 0 Å². The van der Waals surface area contributed by atoms with Gasteiger partial charge in [-0.1, -0.05) is 126 Å². The zero-order valence-electron chi connectivity index (χ0n) is 65.6. The molecule has 0 saturated carbocycles. The van der Waals surface area contributed by atoms with E-state index in [1.807, 2.05) is 197 Å². The second-order valence-electron chi connectivity index (χ2n) is 27.5. The molecule has 20 nitrogen and oxygen atoms in total. The number of nitrogens with one attached hydrogen (secondary N) is 4. The Hall–Kier alpha value is -6.49. The second-order valence-corrected chi connectivity index (χ2v) is 34.3. The Morgan fingerprint density at radius 3 is 0.774 bits per heavy atom. The molecule has 0 spiro atoms. The van der Waals surface area contributed by atoms with E-state index in [1.54, 1.807) is 13.8 Å². The van der Waals surface area contributed by atoms with Crippen molar-refractivity contribution in [3.63, 3.8) is 0 Å². The van der Waals surface area contributed by atoms with Gasteiger partial charge < -0.3 is 35.0 Å². The number of aromatic nitrogens is 3. The minimum Gasteiger partial charge on any atom is -0.663 e. The number of aryl methyl sites for hydroxylation is 8. The number of nitrogens with zero attached hydrogens (tertiary/aromatic N) is 7. The van der Waals surface area contributed by atoms with Gasteiger partial charge in [-0.3, -0.25) is 0 Å². The summed E-state index contributed by atoms with van der Waals surface area (Å²) in [6, 6.07) is 19.0. The van der Waals surface area contributed by atoms with Crippen molar-refractivity contribution in [2.24, 2.45) is 0 Å². The SMILES string of the molecule is CCN(CC)CCNS(=O)(=O)c1c(C)cc(C)c(-c2c3[c-]c(c(-c4c(C)cc(C)c(S(=O)(=O)NCCN(CC)CC)c4C)c4ccc([n-]4)c(-c4c(C)cc(C)c(S(=O)(=O)NCCN(CC)CC)c4C)c4nc(c(-c5c(C)cc(C)c(S(=O)(=O)NCCN(CC)CC)c5C)c5ccc2[n-]5)C=C4)C=C3)c1C.O.[Mn+3]. The number of hydrogen-bond acceptors (Lipinski definition) is 13. The first-order valence-corrected chi connectivity index (χ1v) is 42.6. The second kappa shape index (κ2) is 35.9. The molecule has 574 valence electrons. The Morgan fingerprint density at radius 2 is 0.547 bits per heavy atom. The van der Waals surface area contributed by atoms with Gasteiger partial charge >= 0.3 is 17.1 Å². The maximum Gasteiger partial charge on any atom is 3.00 e. The number of rotatable bonds is 32. The van der Waals surface area contributed by atoms with E-state index in [1.165, 1.54) is 0 Å². The van der Waals surface area contributed by atoms with E-state index in [2.05, 4.69) is 44.6 Å². The van der Waals surface area contributed by atoms with E-state index >= 15 is 0 Å². The quantitative estimate of drug-likeness (QED) is 0.0225. The van der Waals surface area contributed by atoms with Crippen molar-refractivity contribution in [1.29, 1.82) is 0 Å². The standard InChI is InChI=1S/C81H108N11O8S4.Mn.H2O/c1-21-89(22-2)41-37-82-101(93,94)78-54(13)45-50(9)70(58(78)17)74-62-29-30-63(49-62)75(71-51(10)46-55(14)79(59(71)18)102(95,96)83-38-42-90(23-3)24-4)65-32-34-67(87-65)77(73-53(12)48-57(16)81(61(73)20)104(99,100)85-40-44-92(27-7)28-8)69-36-35-68(88-69)76(66-33-31-64(74)86-66)72-52(11)47-56(15)80(60(72)19)103(97,98)84-39-43-91(25-5)26-6;;/h29-36,45-48,82-85H,21-28,37-44H2,1-20H3;;1H2/q-3;+3;. The average molecular weight is 1570 g/mol. The number of benzene rings is 4. The monoisotopic (exact) mass is 1560 g/mol. The van der Waals surface area contributed by atoms with E-state index in [4.69, 9.17) is 15.0 Å². The molecule has 7 aromatic rings. The molecule has 4 heterocycles. The van der Waals surface area contributed by atoms with Crippen LogP contribution in [0.4, 0.5) is 0 Å². The van der Waals surface area contributed by atoms with Crippen LogP contribution >= 0.6 is 0 Å². The van der Waals surface area contributed by atoms with E-state index < -0.39 is 40.1 Å². The van der Waals surface area contributed by atoms with Crippen LogP contribution in [-0.2, 0) is 57.2 Å². The number of fused-ring (bicyclic) bond motifs is 8. The van der Waals surface area contributed by atoms with Crippen LogP contribution in [0.5, 0.6) is 0 Å². The summed E-state index contributed by atoms with van der Waals surface area (Å²) < 4.78 is 132. The van der Waals surface area contributed by atoms with Crippen LogP contribution in [-0.4, -0.2) is 168 Å². The van der Waals surface area contributed by atoms with Crippen LogP contribution in [0.1, 0.15) is 145 Å².